The molecule has 0 radical (unpaired) electrons. The lowest BCUT2D eigenvalue weighted by molar-refractivity contribution is -0.112. The van der Waals surface area contributed by atoms with E-state index in [-0.39, 0.29) is 5.57 Å². The van der Waals surface area contributed by atoms with Gasteiger partial charge in [0, 0.05) is 15.7 Å². The van der Waals surface area contributed by atoms with Crippen LogP contribution in [0.5, 0.6) is 5.75 Å². The maximum atomic E-state index is 12.6. The van der Waals surface area contributed by atoms with Gasteiger partial charge in [-0.1, -0.05) is 64.0 Å². The van der Waals surface area contributed by atoms with Crippen LogP contribution in [0.1, 0.15) is 16.7 Å². The molecule has 0 aliphatic rings. The third-order valence-corrected chi connectivity index (χ3v) is 5.28. The maximum Gasteiger partial charge on any atom is 0.266 e. The molecule has 1 amide bonds. The van der Waals surface area contributed by atoms with Crippen LogP contribution in [0.15, 0.2) is 81.2 Å². The highest BCUT2D eigenvalue weighted by atomic mass is 79.9. The number of ether oxygens (including phenoxy) is 1. The Balaban J connectivity index is 1.88. The van der Waals surface area contributed by atoms with Crippen LogP contribution in [0.3, 0.4) is 0 Å². The molecule has 3 aromatic carbocycles. The van der Waals surface area contributed by atoms with Gasteiger partial charge in [0.2, 0.25) is 0 Å². The zero-order valence-corrected chi connectivity index (χ0v) is 19.3. The number of anilines is 1. The molecule has 0 unspecified atom stereocenters. The van der Waals surface area contributed by atoms with E-state index in [1.54, 1.807) is 12.1 Å². The lowest BCUT2D eigenvalue weighted by Crippen LogP contribution is -2.13. The van der Waals surface area contributed by atoms with Gasteiger partial charge in [0.1, 0.15) is 24.0 Å². The second-order valence-corrected chi connectivity index (χ2v) is 8.34. The van der Waals surface area contributed by atoms with E-state index in [2.05, 4.69) is 37.2 Å². The molecule has 0 aromatic heterocycles. The molecule has 4 nitrogen and oxygen atoms in total. The third kappa shape index (κ3) is 5.82. The Labute approximate surface area is 192 Å². The molecule has 0 bridgehead atoms. The van der Waals surface area contributed by atoms with Gasteiger partial charge in [-0.05, 0) is 58.8 Å². The Morgan fingerprint density at radius 1 is 1.10 bits per heavy atom. The molecular formula is C24H18Br2N2O2. The van der Waals surface area contributed by atoms with Crippen molar-refractivity contribution in [2.24, 2.45) is 0 Å². The molecule has 0 spiro atoms. The predicted octanol–water partition coefficient (Wildman–Crippen LogP) is 6.64. The molecular weight excluding hydrogens is 508 g/mol. The number of benzene rings is 3. The number of nitrogens with one attached hydrogen (secondary N) is 1. The lowest BCUT2D eigenvalue weighted by Gasteiger charge is -2.13. The number of halogens is 2. The number of amides is 1. The molecule has 3 rings (SSSR count). The largest absolute Gasteiger partial charge is 0.487 e. The fraction of sp³-hybridized carbons (Fsp3) is 0.0833. The lowest BCUT2D eigenvalue weighted by atomic mass is 10.1. The van der Waals surface area contributed by atoms with Crippen LogP contribution >= 0.6 is 31.9 Å². The van der Waals surface area contributed by atoms with Gasteiger partial charge in [-0.15, -0.1) is 0 Å². The molecule has 150 valence electrons. The van der Waals surface area contributed by atoms with Crippen LogP contribution in [0.25, 0.3) is 6.08 Å². The van der Waals surface area contributed by atoms with Gasteiger partial charge in [0.15, 0.2) is 0 Å². The van der Waals surface area contributed by atoms with Crippen molar-refractivity contribution >= 4 is 49.5 Å². The number of hydrogen-bond donors (Lipinski definition) is 1. The summed E-state index contributed by atoms with van der Waals surface area (Å²) in [6, 6.07) is 22.7. The van der Waals surface area contributed by atoms with Crippen LogP contribution in [-0.2, 0) is 11.4 Å². The predicted molar refractivity (Wildman–Crippen MR) is 126 cm³/mol. The highest BCUT2D eigenvalue weighted by Gasteiger charge is 2.14. The van der Waals surface area contributed by atoms with E-state index in [0.29, 0.717) is 23.6 Å². The van der Waals surface area contributed by atoms with Crippen molar-refractivity contribution in [1.29, 1.82) is 5.26 Å². The van der Waals surface area contributed by atoms with Gasteiger partial charge in [0.05, 0.1) is 4.47 Å². The van der Waals surface area contributed by atoms with E-state index in [0.717, 1.165) is 14.5 Å². The number of nitrogens with zero attached hydrogens (tertiary/aromatic N) is 1. The van der Waals surface area contributed by atoms with Crippen molar-refractivity contribution in [3.8, 4) is 11.8 Å². The van der Waals surface area contributed by atoms with Gasteiger partial charge >= 0.3 is 0 Å². The Bertz CT molecular complexity index is 1120. The monoisotopic (exact) mass is 524 g/mol. The number of rotatable bonds is 6. The summed E-state index contributed by atoms with van der Waals surface area (Å²) in [4.78, 5) is 12.6. The highest BCUT2D eigenvalue weighted by Crippen LogP contribution is 2.35. The molecule has 0 heterocycles. The first-order valence-corrected chi connectivity index (χ1v) is 10.7. The summed E-state index contributed by atoms with van der Waals surface area (Å²) >= 11 is 6.97. The standard InChI is InChI=1S/C24H18Br2N2O2/c1-16-7-9-17(10-8-16)15-30-23-18(12-20(25)13-22(23)26)11-19(14-27)24(29)28-21-5-3-2-4-6-21/h2-13H,15H2,1H3,(H,28,29)/b19-11+. The van der Waals surface area contributed by atoms with E-state index in [1.165, 1.54) is 11.6 Å². The maximum absolute atomic E-state index is 12.6. The number of carbonyl (C=O) groups is 1. The summed E-state index contributed by atoms with van der Waals surface area (Å²) in [5.41, 5.74) is 3.41. The summed E-state index contributed by atoms with van der Waals surface area (Å²) in [6.07, 6.45) is 1.53. The zero-order valence-electron chi connectivity index (χ0n) is 16.2. The molecule has 0 saturated carbocycles. The van der Waals surface area contributed by atoms with E-state index >= 15 is 0 Å². The first-order chi connectivity index (χ1) is 14.5. The SMILES string of the molecule is Cc1ccc(COc2c(Br)cc(Br)cc2/C=C(\C#N)C(=O)Nc2ccccc2)cc1. The van der Waals surface area contributed by atoms with Crippen LogP contribution < -0.4 is 10.1 Å². The van der Waals surface area contributed by atoms with Crippen molar-refractivity contribution in [3.63, 3.8) is 0 Å². The number of carbonyl (C=O) groups excluding carboxylic acids is 1. The first kappa shape index (κ1) is 21.8. The summed E-state index contributed by atoms with van der Waals surface area (Å²) < 4.78 is 7.55. The van der Waals surface area contributed by atoms with E-state index in [1.807, 2.05) is 67.6 Å². The van der Waals surface area contributed by atoms with Crippen LogP contribution in [-0.4, -0.2) is 5.91 Å². The average molecular weight is 526 g/mol. The van der Waals surface area contributed by atoms with Crippen molar-refractivity contribution in [2.45, 2.75) is 13.5 Å². The number of para-hydroxylation sites is 1. The minimum atomic E-state index is -0.482. The Hall–Kier alpha value is -2.88. The third-order valence-electron chi connectivity index (χ3n) is 4.24. The molecule has 1 N–H and O–H groups in total. The van der Waals surface area contributed by atoms with E-state index in [9.17, 15) is 10.1 Å². The van der Waals surface area contributed by atoms with Crippen molar-refractivity contribution in [2.75, 3.05) is 5.32 Å². The topological polar surface area (TPSA) is 62.1 Å². The van der Waals surface area contributed by atoms with Crippen LogP contribution in [0.2, 0.25) is 0 Å². The van der Waals surface area contributed by atoms with Gasteiger partial charge in [-0.2, -0.15) is 5.26 Å². The summed E-state index contributed by atoms with van der Waals surface area (Å²) in [5.74, 6) is 0.0725. The minimum Gasteiger partial charge on any atom is -0.487 e. The quantitative estimate of drug-likeness (QED) is 0.289. The average Bonchev–Trinajstić information content (AvgIpc) is 2.73. The Morgan fingerprint density at radius 2 is 1.80 bits per heavy atom. The second-order valence-electron chi connectivity index (χ2n) is 6.57. The van der Waals surface area contributed by atoms with Gasteiger partial charge in [-0.3, -0.25) is 4.79 Å². The highest BCUT2D eigenvalue weighted by molar-refractivity contribution is 9.11. The van der Waals surface area contributed by atoms with Crippen LogP contribution in [0, 0.1) is 18.3 Å². The Morgan fingerprint density at radius 3 is 2.47 bits per heavy atom. The normalized spacial score (nSPS) is 10.9. The molecule has 6 heteroatoms. The fourth-order valence-electron chi connectivity index (χ4n) is 2.70. The molecule has 0 aliphatic heterocycles. The van der Waals surface area contributed by atoms with E-state index in [4.69, 9.17) is 4.74 Å². The van der Waals surface area contributed by atoms with Crippen LogP contribution in [0.4, 0.5) is 5.69 Å². The van der Waals surface area contributed by atoms with Gasteiger partial charge in [0.25, 0.3) is 5.91 Å². The Kier molecular flexibility index (Phi) is 7.45. The smallest absolute Gasteiger partial charge is 0.266 e. The minimum absolute atomic E-state index is 0.0240. The summed E-state index contributed by atoms with van der Waals surface area (Å²) in [7, 11) is 0. The summed E-state index contributed by atoms with van der Waals surface area (Å²) in [5, 5.41) is 12.3. The molecule has 3 aromatic rings. The van der Waals surface area contributed by atoms with E-state index < -0.39 is 5.91 Å². The first-order valence-electron chi connectivity index (χ1n) is 9.12. The van der Waals surface area contributed by atoms with Crippen molar-refractivity contribution in [1.82, 2.24) is 0 Å². The number of nitriles is 1. The molecule has 0 aliphatic carbocycles. The molecule has 0 saturated heterocycles. The molecule has 30 heavy (non-hydrogen) atoms. The van der Waals surface area contributed by atoms with Gasteiger partial charge in [-0.25, -0.2) is 0 Å². The molecule has 0 fully saturated rings. The fourth-order valence-corrected chi connectivity index (χ4v) is 4.08. The summed E-state index contributed by atoms with van der Waals surface area (Å²) in [6.45, 7) is 2.39. The number of aryl methyl sites for hydroxylation is 1. The number of hydrogen-bond acceptors (Lipinski definition) is 3. The van der Waals surface area contributed by atoms with Crippen molar-refractivity contribution < 1.29 is 9.53 Å². The zero-order chi connectivity index (χ0) is 21.5. The van der Waals surface area contributed by atoms with Crippen molar-refractivity contribution in [3.05, 3.63) is 97.9 Å². The van der Waals surface area contributed by atoms with Gasteiger partial charge < -0.3 is 10.1 Å². The second kappa shape index (κ2) is 10.2. The molecule has 0 atom stereocenters.